The molecule has 0 saturated carbocycles. The van der Waals surface area contributed by atoms with Crippen molar-refractivity contribution in [3.8, 4) is 5.75 Å². The summed E-state index contributed by atoms with van der Waals surface area (Å²) in [6.45, 7) is 3.86. The van der Waals surface area contributed by atoms with Crippen LogP contribution in [-0.4, -0.2) is 12.0 Å². The fraction of sp³-hybridized carbons (Fsp3) is 0.316. The Morgan fingerprint density at radius 3 is 2.48 bits per heavy atom. The van der Waals surface area contributed by atoms with Gasteiger partial charge in [-0.05, 0) is 60.4 Å². The van der Waals surface area contributed by atoms with Crippen molar-refractivity contribution in [1.82, 2.24) is 0 Å². The Kier molecular flexibility index (Phi) is 6.07. The average molecular weight is 401 g/mol. The van der Waals surface area contributed by atoms with Gasteiger partial charge in [-0.25, -0.2) is 0 Å². The molecule has 0 spiro atoms. The van der Waals surface area contributed by atoms with Crippen molar-refractivity contribution in [3.05, 3.63) is 58.1 Å². The molecule has 0 fully saturated rings. The first kappa shape index (κ1) is 21.1. The molecule has 3 N–H and O–H groups in total. The standard InChI is InChI=1S/C19H19F3N2O2.ClH/c1-10-3-13-7-17(26-16(13)4-11(10)2)18(25)24-15-6-12(9-23)5-14(8-15)19(20,21)22;/h3-6,8,17H,7,9,23H2,1-2H3,(H,24,25);1H. The molecule has 0 radical (unpaired) electrons. The number of aryl methyl sites for hydroxylation is 2. The molecule has 146 valence electrons. The number of anilines is 1. The van der Waals surface area contributed by atoms with E-state index in [2.05, 4.69) is 5.32 Å². The van der Waals surface area contributed by atoms with Crippen LogP contribution in [0.2, 0.25) is 0 Å². The first-order chi connectivity index (χ1) is 12.2. The summed E-state index contributed by atoms with van der Waals surface area (Å²) in [5.41, 5.74) is 8.02. The number of carbonyl (C=O) groups excluding carboxylic acids is 1. The second kappa shape index (κ2) is 7.78. The molecule has 0 bridgehead atoms. The van der Waals surface area contributed by atoms with Gasteiger partial charge in [0.25, 0.3) is 5.91 Å². The van der Waals surface area contributed by atoms with Gasteiger partial charge in [-0.15, -0.1) is 12.4 Å². The van der Waals surface area contributed by atoms with Crippen LogP contribution >= 0.6 is 12.4 Å². The van der Waals surface area contributed by atoms with E-state index in [9.17, 15) is 18.0 Å². The van der Waals surface area contributed by atoms with E-state index in [1.54, 1.807) is 0 Å². The third-order valence-corrected chi connectivity index (χ3v) is 4.47. The summed E-state index contributed by atoms with van der Waals surface area (Å²) < 4.78 is 44.7. The number of hydrogen-bond donors (Lipinski definition) is 2. The van der Waals surface area contributed by atoms with Gasteiger partial charge in [-0.2, -0.15) is 13.2 Å². The van der Waals surface area contributed by atoms with Crippen LogP contribution in [0.4, 0.5) is 18.9 Å². The highest BCUT2D eigenvalue weighted by atomic mass is 35.5. The number of benzene rings is 2. The zero-order valence-electron chi connectivity index (χ0n) is 14.8. The number of nitrogens with two attached hydrogens (primary N) is 1. The van der Waals surface area contributed by atoms with Crippen molar-refractivity contribution in [2.75, 3.05) is 5.32 Å². The summed E-state index contributed by atoms with van der Waals surface area (Å²) in [6, 6.07) is 7.14. The highest BCUT2D eigenvalue weighted by Crippen LogP contribution is 2.34. The van der Waals surface area contributed by atoms with Gasteiger partial charge in [-0.1, -0.05) is 6.07 Å². The zero-order valence-corrected chi connectivity index (χ0v) is 15.6. The van der Waals surface area contributed by atoms with Crippen LogP contribution in [0.25, 0.3) is 0 Å². The van der Waals surface area contributed by atoms with E-state index in [-0.39, 0.29) is 30.2 Å². The van der Waals surface area contributed by atoms with Gasteiger partial charge in [-0.3, -0.25) is 4.79 Å². The molecule has 1 aliphatic heterocycles. The number of nitrogens with one attached hydrogen (secondary N) is 1. The molecule has 4 nitrogen and oxygen atoms in total. The van der Waals surface area contributed by atoms with Gasteiger partial charge in [0.05, 0.1) is 5.56 Å². The van der Waals surface area contributed by atoms with Gasteiger partial charge in [0.15, 0.2) is 6.10 Å². The van der Waals surface area contributed by atoms with Gasteiger partial charge in [0.1, 0.15) is 5.75 Å². The van der Waals surface area contributed by atoms with E-state index in [1.165, 1.54) is 6.07 Å². The molecular weight excluding hydrogens is 381 g/mol. The average Bonchev–Trinajstić information content (AvgIpc) is 2.97. The molecule has 3 rings (SSSR count). The van der Waals surface area contributed by atoms with E-state index < -0.39 is 23.8 Å². The molecule has 2 aromatic rings. The normalized spacial score (nSPS) is 15.6. The van der Waals surface area contributed by atoms with Crippen LogP contribution in [-0.2, 0) is 23.9 Å². The molecule has 0 saturated heterocycles. The highest BCUT2D eigenvalue weighted by molar-refractivity contribution is 5.95. The lowest BCUT2D eigenvalue weighted by Crippen LogP contribution is -2.31. The molecule has 1 atom stereocenters. The van der Waals surface area contributed by atoms with Crippen LogP contribution in [0, 0.1) is 13.8 Å². The topological polar surface area (TPSA) is 64.3 Å². The number of fused-ring (bicyclic) bond motifs is 1. The maximum Gasteiger partial charge on any atom is 0.416 e. The third kappa shape index (κ3) is 4.54. The van der Waals surface area contributed by atoms with Crippen molar-refractivity contribution in [3.63, 3.8) is 0 Å². The minimum Gasteiger partial charge on any atom is -0.480 e. The molecule has 1 aliphatic rings. The lowest BCUT2D eigenvalue weighted by molar-refractivity contribution is -0.137. The Morgan fingerprint density at radius 1 is 1.19 bits per heavy atom. The maximum atomic E-state index is 13.0. The van der Waals surface area contributed by atoms with Gasteiger partial charge in [0, 0.05) is 18.7 Å². The first-order valence-electron chi connectivity index (χ1n) is 8.16. The number of amides is 1. The second-order valence-electron chi connectivity index (χ2n) is 6.46. The number of alkyl halides is 3. The predicted molar refractivity (Wildman–Crippen MR) is 99.2 cm³/mol. The molecule has 0 aliphatic carbocycles. The summed E-state index contributed by atoms with van der Waals surface area (Å²) >= 11 is 0. The van der Waals surface area contributed by atoms with Crippen LogP contribution in [0.5, 0.6) is 5.75 Å². The monoisotopic (exact) mass is 400 g/mol. The maximum absolute atomic E-state index is 13.0. The predicted octanol–water partition coefficient (Wildman–Crippen LogP) is 4.14. The van der Waals surface area contributed by atoms with Crippen molar-refractivity contribution >= 4 is 24.0 Å². The van der Waals surface area contributed by atoms with Crippen LogP contribution in [0.1, 0.15) is 27.8 Å². The van der Waals surface area contributed by atoms with Gasteiger partial charge >= 0.3 is 6.18 Å². The Bertz CT molecular complexity index is 838. The fourth-order valence-electron chi connectivity index (χ4n) is 2.93. The Balaban J connectivity index is 0.00000261. The molecule has 2 aromatic carbocycles. The minimum absolute atomic E-state index is 0. The molecule has 0 aromatic heterocycles. The van der Waals surface area contributed by atoms with E-state index in [0.717, 1.165) is 28.8 Å². The lowest BCUT2D eigenvalue weighted by atomic mass is 10.0. The summed E-state index contributed by atoms with van der Waals surface area (Å²) in [5.74, 6) is 0.152. The summed E-state index contributed by atoms with van der Waals surface area (Å²) in [5, 5.41) is 2.52. The van der Waals surface area contributed by atoms with E-state index in [1.807, 2.05) is 26.0 Å². The van der Waals surface area contributed by atoms with Crippen molar-refractivity contribution in [2.45, 2.75) is 39.1 Å². The zero-order chi connectivity index (χ0) is 19.1. The van der Waals surface area contributed by atoms with Crippen molar-refractivity contribution < 1.29 is 22.7 Å². The minimum atomic E-state index is -4.51. The Morgan fingerprint density at radius 2 is 1.85 bits per heavy atom. The van der Waals surface area contributed by atoms with Gasteiger partial charge < -0.3 is 15.8 Å². The Labute approximate surface area is 161 Å². The molecule has 1 amide bonds. The fourth-order valence-corrected chi connectivity index (χ4v) is 2.93. The first-order valence-corrected chi connectivity index (χ1v) is 8.16. The van der Waals surface area contributed by atoms with Gasteiger partial charge in [0.2, 0.25) is 0 Å². The molecule has 8 heteroatoms. The highest BCUT2D eigenvalue weighted by Gasteiger charge is 2.33. The number of halogens is 4. The number of carbonyl (C=O) groups is 1. The van der Waals surface area contributed by atoms with Crippen LogP contribution in [0.3, 0.4) is 0 Å². The molecule has 1 unspecified atom stereocenters. The van der Waals surface area contributed by atoms with Crippen LogP contribution in [0.15, 0.2) is 30.3 Å². The number of rotatable bonds is 3. The van der Waals surface area contributed by atoms with E-state index in [0.29, 0.717) is 12.2 Å². The molecule has 27 heavy (non-hydrogen) atoms. The third-order valence-electron chi connectivity index (χ3n) is 4.47. The number of ether oxygens (including phenoxy) is 1. The van der Waals surface area contributed by atoms with Crippen molar-refractivity contribution in [1.29, 1.82) is 0 Å². The molecular formula is C19H20ClF3N2O2. The summed E-state index contributed by atoms with van der Waals surface area (Å²) in [6.07, 6.45) is -4.91. The molecule has 1 heterocycles. The number of hydrogen-bond acceptors (Lipinski definition) is 3. The summed E-state index contributed by atoms with van der Waals surface area (Å²) in [7, 11) is 0. The van der Waals surface area contributed by atoms with E-state index >= 15 is 0 Å². The second-order valence-corrected chi connectivity index (χ2v) is 6.46. The smallest absolute Gasteiger partial charge is 0.416 e. The SMILES string of the molecule is Cc1cc2c(cc1C)OC(C(=O)Nc1cc(CN)cc(C(F)(F)F)c1)C2.Cl. The summed E-state index contributed by atoms with van der Waals surface area (Å²) in [4.78, 5) is 12.5. The Hall–Kier alpha value is -2.25. The lowest BCUT2D eigenvalue weighted by Gasteiger charge is -2.15. The largest absolute Gasteiger partial charge is 0.480 e. The van der Waals surface area contributed by atoms with Crippen molar-refractivity contribution in [2.24, 2.45) is 5.73 Å². The van der Waals surface area contributed by atoms with Crippen LogP contribution < -0.4 is 15.8 Å². The van der Waals surface area contributed by atoms with E-state index in [4.69, 9.17) is 10.5 Å². The quantitative estimate of drug-likeness (QED) is 0.813.